The lowest BCUT2D eigenvalue weighted by Crippen LogP contribution is -2.40. The molecule has 0 aliphatic heterocycles. The molecule has 0 unspecified atom stereocenters. The van der Waals surface area contributed by atoms with E-state index >= 15 is 0 Å². The predicted octanol–water partition coefficient (Wildman–Crippen LogP) is 5.30. The second-order valence-electron chi connectivity index (χ2n) is 6.58. The Bertz CT molecular complexity index is 683. The maximum atomic E-state index is 12.6. The smallest absolute Gasteiger partial charge is 0.317 e. The second kappa shape index (κ2) is 10.9. The van der Waals surface area contributed by atoms with Crippen molar-refractivity contribution in [3.05, 3.63) is 58.9 Å². The van der Waals surface area contributed by atoms with Crippen LogP contribution >= 0.6 is 11.6 Å². The average molecular weight is 376 g/mol. The van der Waals surface area contributed by atoms with E-state index in [1.54, 1.807) is 0 Å². The third-order valence-electron chi connectivity index (χ3n) is 4.45. The van der Waals surface area contributed by atoms with Crippen LogP contribution in [0.15, 0.2) is 42.6 Å². The molecule has 0 fully saturated rings. The number of aromatic nitrogens is 1. The highest BCUT2D eigenvalue weighted by molar-refractivity contribution is 6.31. The van der Waals surface area contributed by atoms with Crippen LogP contribution in [-0.2, 0) is 13.1 Å². The van der Waals surface area contributed by atoms with Gasteiger partial charge in [0.25, 0.3) is 0 Å². The number of unbranched alkanes of at least 4 members (excludes halogenated alkanes) is 2. The Balaban J connectivity index is 2.07. The van der Waals surface area contributed by atoms with Crippen LogP contribution in [0.5, 0.6) is 0 Å². The molecule has 0 atom stereocenters. The minimum atomic E-state index is 0.0254. The van der Waals surface area contributed by atoms with Gasteiger partial charge in [-0.05, 0) is 36.6 Å². The molecule has 0 saturated carbocycles. The number of rotatable bonds is 10. The largest absolute Gasteiger partial charge is 0.345 e. The Morgan fingerprint density at radius 2 is 1.88 bits per heavy atom. The van der Waals surface area contributed by atoms with Crippen LogP contribution < -0.4 is 5.32 Å². The van der Waals surface area contributed by atoms with Gasteiger partial charge >= 0.3 is 6.03 Å². The van der Waals surface area contributed by atoms with Crippen LogP contribution in [0.3, 0.4) is 0 Å². The van der Waals surface area contributed by atoms with E-state index in [0.29, 0.717) is 13.1 Å². The van der Waals surface area contributed by atoms with Crippen molar-refractivity contribution >= 4 is 17.6 Å². The van der Waals surface area contributed by atoms with Crippen LogP contribution in [0, 0.1) is 0 Å². The van der Waals surface area contributed by atoms with Crippen LogP contribution in [0.25, 0.3) is 0 Å². The van der Waals surface area contributed by atoms with Crippen LogP contribution in [0.2, 0.25) is 5.02 Å². The molecule has 1 aromatic carbocycles. The zero-order valence-electron chi connectivity index (χ0n) is 15.9. The molecule has 0 aliphatic carbocycles. The van der Waals surface area contributed by atoms with E-state index in [2.05, 4.69) is 29.8 Å². The van der Waals surface area contributed by atoms with E-state index < -0.39 is 0 Å². The molecule has 1 N–H and O–H groups in total. The first-order chi connectivity index (χ1) is 12.7. The minimum absolute atomic E-state index is 0.0254. The normalized spacial score (nSPS) is 10.7. The fourth-order valence-electron chi connectivity index (χ4n) is 2.84. The molecule has 1 heterocycles. The summed E-state index contributed by atoms with van der Waals surface area (Å²) in [7, 11) is 0. The van der Waals surface area contributed by atoms with Gasteiger partial charge in [-0.3, -0.25) is 0 Å². The summed E-state index contributed by atoms with van der Waals surface area (Å²) < 4.78 is 2.17. The van der Waals surface area contributed by atoms with Gasteiger partial charge in [0.1, 0.15) is 0 Å². The molecule has 0 radical (unpaired) electrons. The number of amides is 2. The lowest BCUT2D eigenvalue weighted by atomic mass is 10.2. The van der Waals surface area contributed by atoms with Crippen molar-refractivity contribution in [1.82, 2.24) is 14.8 Å². The number of carbonyl (C=O) groups is 1. The fraction of sp³-hybridized carbons (Fsp3) is 0.476. The molecule has 0 saturated heterocycles. The Morgan fingerprint density at radius 1 is 1.12 bits per heavy atom. The van der Waals surface area contributed by atoms with Crippen molar-refractivity contribution in [2.45, 2.75) is 52.6 Å². The van der Waals surface area contributed by atoms with Gasteiger partial charge in [0.2, 0.25) is 0 Å². The maximum absolute atomic E-state index is 12.6. The number of hydrogen-bond acceptors (Lipinski definition) is 1. The van der Waals surface area contributed by atoms with Crippen LogP contribution in [0.4, 0.5) is 4.79 Å². The summed E-state index contributed by atoms with van der Waals surface area (Å²) in [4.78, 5) is 14.5. The molecule has 26 heavy (non-hydrogen) atoms. The topological polar surface area (TPSA) is 37.3 Å². The van der Waals surface area contributed by atoms with Crippen molar-refractivity contribution in [2.24, 2.45) is 0 Å². The van der Waals surface area contributed by atoms with E-state index in [-0.39, 0.29) is 6.03 Å². The predicted molar refractivity (Wildman–Crippen MR) is 109 cm³/mol. The van der Waals surface area contributed by atoms with E-state index in [1.807, 2.05) is 41.4 Å². The summed E-state index contributed by atoms with van der Waals surface area (Å²) in [6, 6.07) is 12.0. The lowest BCUT2D eigenvalue weighted by molar-refractivity contribution is 0.192. The first kappa shape index (κ1) is 20.4. The van der Waals surface area contributed by atoms with Gasteiger partial charge in [-0.15, -0.1) is 0 Å². The molecule has 4 nitrogen and oxygen atoms in total. The molecule has 0 spiro atoms. The van der Waals surface area contributed by atoms with Gasteiger partial charge < -0.3 is 14.8 Å². The molecule has 142 valence electrons. The zero-order chi connectivity index (χ0) is 18.8. The van der Waals surface area contributed by atoms with E-state index in [0.717, 1.165) is 55.1 Å². The van der Waals surface area contributed by atoms with Crippen molar-refractivity contribution in [3.63, 3.8) is 0 Å². The third kappa shape index (κ3) is 6.10. The quantitative estimate of drug-likeness (QED) is 0.562. The van der Waals surface area contributed by atoms with Crippen molar-refractivity contribution in [1.29, 1.82) is 0 Å². The molecule has 2 aromatic rings. The summed E-state index contributed by atoms with van der Waals surface area (Å²) in [6.07, 6.45) is 6.21. The standard InChI is InChI=1S/C21H30ClN3O/c1-3-5-13-23-21(26)25(14-6-4-2)17-19-11-9-15-24(19)16-18-10-7-8-12-20(18)22/h7-12,15H,3-6,13-14,16-17H2,1-2H3,(H,23,26). The molecule has 2 rings (SSSR count). The van der Waals surface area contributed by atoms with Crippen LogP contribution in [-0.4, -0.2) is 28.6 Å². The molecule has 0 aliphatic rings. The molecule has 2 amide bonds. The monoisotopic (exact) mass is 375 g/mol. The number of benzene rings is 1. The fourth-order valence-corrected chi connectivity index (χ4v) is 3.03. The van der Waals surface area contributed by atoms with Gasteiger partial charge in [-0.25, -0.2) is 4.79 Å². The summed E-state index contributed by atoms with van der Waals surface area (Å²) in [5.41, 5.74) is 2.20. The van der Waals surface area contributed by atoms with E-state index in [1.165, 1.54) is 0 Å². The number of hydrogen-bond donors (Lipinski definition) is 1. The first-order valence-corrected chi connectivity index (χ1v) is 9.93. The number of nitrogens with one attached hydrogen (secondary N) is 1. The third-order valence-corrected chi connectivity index (χ3v) is 4.82. The van der Waals surface area contributed by atoms with E-state index in [4.69, 9.17) is 11.6 Å². The Labute approximate surface area is 162 Å². The van der Waals surface area contributed by atoms with Gasteiger partial charge in [-0.2, -0.15) is 0 Å². The Hall–Kier alpha value is -1.94. The highest BCUT2D eigenvalue weighted by atomic mass is 35.5. The molecule has 5 heteroatoms. The van der Waals surface area contributed by atoms with E-state index in [9.17, 15) is 4.79 Å². The highest BCUT2D eigenvalue weighted by Gasteiger charge is 2.15. The Morgan fingerprint density at radius 3 is 2.62 bits per heavy atom. The molecular weight excluding hydrogens is 346 g/mol. The summed E-state index contributed by atoms with van der Waals surface area (Å²) in [6.45, 7) is 7.09. The number of nitrogens with zero attached hydrogens (tertiary/aromatic N) is 2. The number of urea groups is 1. The second-order valence-corrected chi connectivity index (χ2v) is 6.99. The summed E-state index contributed by atoms with van der Waals surface area (Å²) in [5, 5.41) is 3.81. The first-order valence-electron chi connectivity index (χ1n) is 9.55. The highest BCUT2D eigenvalue weighted by Crippen LogP contribution is 2.18. The summed E-state index contributed by atoms with van der Waals surface area (Å²) in [5.74, 6) is 0. The molecule has 1 aromatic heterocycles. The Kier molecular flexibility index (Phi) is 8.56. The minimum Gasteiger partial charge on any atom is -0.345 e. The van der Waals surface area contributed by atoms with Gasteiger partial charge in [0.05, 0.1) is 6.54 Å². The van der Waals surface area contributed by atoms with Crippen LogP contribution in [0.1, 0.15) is 50.8 Å². The lowest BCUT2D eigenvalue weighted by Gasteiger charge is -2.24. The number of carbonyl (C=O) groups excluding carboxylic acids is 1. The molecule has 0 bridgehead atoms. The SMILES string of the molecule is CCCCNC(=O)N(CCCC)Cc1cccn1Cc1ccccc1Cl. The van der Waals surface area contributed by atoms with Gasteiger partial charge in [0.15, 0.2) is 0 Å². The van der Waals surface area contributed by atoms with Crippen molar-refractivity contribution < 1.29 is 4.79 Å². The average Bonchev–Trinajstić information content (AvgIpc) is 3.07. The maximum Gasteiger partial charge on any atom is 0.317 e. The van der Waals surface area contributed by atoms with Gasteiger partial charge in [-0.1, -0.05) is 56.5 Å². The van der Waals surface area contributed by atoms with Crippen molar-refractivity contribution in [2.75, 3.05) is 13.1 Å². The number of halogens is 1. The molecular formula is C21H30ClN3O. The van der Waals surface area contributed by atoms with Gasteiger partial charge in [0, 0.05) is 36.5 Å². The zero-order valence-corrected chi connectivity index (χ0v) is 16.6. The van der Waals surface area contributed by atoms with Crippen molar-refractivity contribution in [3.8, 4) is 0 Å². The summed E-state index contributed by atoms with van der Waals surface area (Å²) >= 11 is 6.30.